The molecule has 1 aromatic heterocycles. The normalized spacial score (nSPS) is 19.2. The quantitative estimate of drug-likeness (QED) is 0.165. The highest BCUT2D eigenvalue weighted by Crippen LogP contribution is 2.64. The van der Waals surface area contributed by atoms with Crippen molar-refractivity contribution in [2.45, 2.75) is 29.6 Å². The monoisotopic (exact) mass is 893 g/mol. The highest BCUT2D eigenvalue weighted by atomic mass is 16.3. The standard InChI is InChI=1S/C68H47NO/c1-2-16-46(17-3-1)67(59-24-10-4-18-51(59)52-19-5-11-25-60(52)67)47-33-37-49(38-34-47)69(48-35-30-44(31-36-48)45-32-41-66-58(42-45)57-23-9-15-29-65(57)70-66)50-39-40-56-55-22-8-14-28-63(55)68(64(56)43-50)61-26-12-6-20-53(61)54-21-7-13-27-62(54)68/h1-31,33-40,42-43,51,59H,32,41H2. The van der Waals surface area contributed by atoms with E-state index >= 15 is 0 Å². The van der Waals surface area contributed by atoms with E-state index in [2.05, 4.69) is 254 Å². The Bertz CT molecular complexity index is 3780. The highest BCUT2D eigenvalue weighted by Gasteiger charge is 2.54. The van der Waals surface area contributed by atoms with Crippen molar-refractivity contribution < 1.29 is 4.42 Å². The van der Waals surface area contributed by atoms with Gasteiger partial charge in [0.05, 0.1) is 10.8 Å². The molecular formula is C68H47NO. The first-order valence-corrected chi connectivity index (χ1v) is 24.9. The van der Waals surface area contributed by atoms with Crippen molar-refractivity contribution in [3.8, 4) is 22.3 Å². The lowest BCUT2D eigenvalue weighted by atomic mass is 9.63. The van der Waals surface area contributed by atoms with Crippen LogP contribution in [0.15, 0.2) is 247 Å². The number of benzene rings is 9. The van der Waals surface area contributed by atoms with Crippen molar-refractivity contribution >= 4 is 39.7 Å². The van der Waals surface area contributed by atoms with E-state index in [0.29, 0.717) is 5.92 Å². The van der Waals surface area contributed by atoms with Gasteiger partial charge in [-0.15, -0.1) is 0 Å². The van der Waals surface area contributed by atoms with Crippen LogP contribution in [0.3, 0.4) is 0 Å². The van der Waals surface area contributed by atoms with Crippen LogP contribution in [-0.2, 0) is 17.3 Å². The van der Waals surface area contributed by atoms with E-state index in [1.165, 1.54) is 88.8 Å². The lowest BCUT2D eigenvalue weighted by molar-refractivity contribution is 0.457. The van der Waals surface area contributed by atoms with Gasteiger partial charge in [-0.2, -0.15) is 0 Å². The Hall–Kier alpha value is -8.46. The molecular weight excluding hydrogens is 847 g/mol. The van der Waals surface area contributed by atoms with Gasteiger partial charge in [-0.1, -0.05) is 200 Å². The molecule has 1 spiro atoms. The maximum absolute atomic E-state index is 6.31. The predicted molar refractivity (Wildman–Crippen MR) is 287 cm³/mol. The van der Waals surface area contributed by atoms with Crippen molar-refractivity contribution in [1.82, 2.24) is 0 Å². The largest absolute Gasteiger partial charge is 0.460 e. The van der Waals surface area contributed by atoms with Gasteiger partial charge in [0.25, 0.3) is 0 Å². The van der Waals surface area contributed by atoms with E-state index in [1.807, 2.05) is 0 Å². The first kappa shape index (κ1) is 39.5. The van der Waals surface area contributed by atoms with Crippen LogP contribution < -0.4 is 4.90 Å². The predicted octanol–water partition coefficient (Wildman–Crippen LogP) is 16.9. The molecule has 0 radical (unpaired) electrons. The molecule has 1 heterocycles. The fourth-order valence-electron chi connectivity index (χ4n) is 13.8. The van der Waals surface area contributed by atoms with Gasteiger partial charge in [-0.3, -0.25) is 0 Å². The molecule has 5 aliphatic rings. The second-order valence-electron chi connectivity index (χ2n) is 19.7. The van der Waals surface area contributed by atoms with E-state index in [1.54, 1.807) is 0 Å². The summed E-state index contributed by atoms with van der Waals surface area (Å²) < 4.78 is 6.31. The first-order chi connectivity index (χ1) is 34.7. The van der Waals surface area contributed by atoms with Crippen molar-refractivity contribution in [2.24, 2.45) is 5.92 Å². The number of nitrogens with zero attached hydrogens (tertiary/aromatic N) is 1. The summed E-state index contributed by atoms with van der Waals surface area (Å²) in [4.78, 5) is 2.48. The molecule has 0 saturated heterocycles. The molecule has 2 nitrogen and oxygen atoms in total. The van der Waals surface area contributed by atoms with Crippen LogP contribution in [0.4, 0.5) is 17.1 Å². The number of allylic oxidation sites excluding steroid dienone is 5. The average molecular weight is 894 g/mol. The van der Waals surface area contributed by atoms with E-state index < -0.39 is 5.41 Å². The summed E-state index contributed by atoms with van der Waals surface area (Å²) in [5.74, 6) is 1.62. The minimum Gasteiger partial charge on any atom is -0.460 e. The Morgan fingerprint density at radius 1 is 0.443 bits per heavy atom. The number of fused-ring (bicyclic) bond motifs is 16. The van der Waals surface area contributed by atoms with Gasteiger partial charge in [0, 0.05) is 46.3 Å². The van der Waals surface area contributed by atoms with E-state index in [-0.39, 0.29) is 11.3 Å². The number of aryl methyl sites for hydroxylation is 1. The second-order valence-corrected chi connectivity index (χ2v) is 19.7. The second kappa shape index (κ2) is 15.0. The third-order valence-corrected chi connectivity index (χ3v) is 16.6. The topological polar surface area (TPSA) is 16.4 Å². The van der Waals surface area contributed by atoms with Gasteiger partial charge in [-0.25, -0.2) is 0 Å². The summed E-state index contributed by atoms with van der Waals surface area (Å²) in [6.45, 7) is 0. The summed E-state index contributed by atoms with van der Waals surface area (Å²) in [6.07, 6.45) is 13.5. The van der Waals surface area contributed by atoms with Crippen LogP contribution in [0.25, 0.3) is 44.9 Å². The Morgan fingerprint density at radius 3 is 1.71 bits per heavy atom. The lowest BCUT2D eigenvalue weighted by Gasteiger charge is -2.39. The summed E-state index contributed by atoms with van der Waals surface area (Å²) >= 11 is 0. The highest BCUT2D eigenvalue weighted by molar-refractivity contribution is 5.98. The van der Waals surface area contributed by atoms with Gasteiger partial charge in [0.15, 0.2) is 0 Å². The molecule has 10 aromatic rings. The fraction of sp³-hybridized carbons (Fsp3) is 0.0882. The van der Waals surface area contributed by atoms with Crippen LogP contribution in [0, 0.1) is 5.92 Å². The number of hydrogen-bond donors (Lipinski definition) is 0. The number of furan rings is 1. The van der Waals surface area contributed by atoms with Crippen LogP contribution in [-0.4, -0.2) is 0 Å². The molecule has 5 aliphatic carbocycles. The van der Waals surface area contributed by atoms with Gasteiger partial charge in [0.2, 0.25) is 0 Å². The van der Waals surface area contributed by atoms with Crippen molar-refractivity contribution in [2.75, 3.05) is 4.90 Å². The van der Waals surface area contributed by atoms with Crippen molar-refractivity contribution in [1.29, 1.82) is 0 Å². The maximum atomic E-state index is 6.31. The first-order valence-electron chi connectivity index (χ1n) is 24.9. The van der Waals surface area contributed by atoms with E-state index in [0.717, 1.165) is 41.2 Å². The molecule has 0 aliphatic heterocycles. The van der Waals surface area contributed by atoms with Crippen molar-refractivity contribution in [3.05, 3.63) is 304 Å². The molecule has 9 aromatic carbocycles. The molecule has 2 heteroatoms. The Morgan fingerprint density at radius 2 is 1.00 bits per heavy atom. The summed E-state index contributed by atoms with van der Waals surface area (Å²) in [6, 6.07) is 82.2. The smallest absolute Gasteiger partial charge is 0.134 e. The molecule has 15 rings (SSSR count). The zero-order chi connectivity index (χ0) is 46.0. The Labute approximate surface area is 408 Å². The SMILES string of the molecule is C1=CC2c3ccccc3C(c3ccccc3)(c3ccc(N(c4ccc(C5=Cc6c(oc7ccccc67)CC5)cc4)c4ccc5c(c4)C4(c6ccccc6-c6ccccc64)c4ccccc4-5)cc3)C2C=C1. The number of anilines is 3. The zero-order valence-electron chi connectivity index (χ0n) is 38.6. The third kappa shape index (κ3) is 5.34. The van der Waals surface area contributed by atoms with Gasteiger partial charge in [0.1, 0.15) is 11.3 Å². The maximum Gasteiger partial charge on any atom is 0.134 e. The zero-order valence-corrected chi connectivity index (χ0v) is 38.6. The minimum absolute atomic E-state index is 0.240. The lowest BCUT2D eigenvalue weighted by Crippen LogP contribution is -2.35. The number of rotatable bonds is 6. The van der Waals surface area contributed by atoms with Gasteiger partial charge in [-0.05, 0) is 133 Å². The van der Waals surface area contributed by atoms with Crippen LogP contribution in [0.1, 0.15) is 73.7 Å². The molecule has 0 bridgehead atoms. The molecule has 3 atom stereocenters. The number of hydrogen-bond acceptors (Lipinski definition) is 2. The third-order valence-electron chi connectivity index (χ3n) is 16.6. The fourth-order valence-corrected chi connectivity index (χ4v) is 13.8. The molecule has 70 heavy (non-hydrogen) atoms. The molecule has 330 valence electrons. The van der Waals surface area contributed by atoms with Crippen LogP contribution in [0.5, 0.6) is 0 Å². The molecule has 0 N–H and O–H groups in total. The van der Waals surface area contributed by atoms with Gasteiger partial charge >= 0.3 is 0 Å². The number of para-hydroxylation sites is 1. The Kier molecular flexibility index (Phi) is 8.48. The molecule has 3 unspecified atom stereocenters. The summed E-state index contributed by atoms with van der Waals surface area (Å²) in [5.41, 5.74) is 23.3. The van der Waals surface area contributed by atoms with Gasteiger partial charge < -0.3 is 9.32 Å². The van der Waals surface area contributed by atoms with Crippen LogP contribution in [0.2, 0.25) is 0 Å². The Balaban J connectivity index is 0.917. The molecule has 0 amide bonds. The van der Waals surface area contributed by atoms with Crippen LogP contribution >= 0.6 is 0 Å². The summed E-state index contributed by atoms with van der Waals surface area (Å²) in [7, 11) is 0. The van der Waals surface area contributed by atoms with E-state index in [4.69, 9.17) is 4.42 Å². The molecule has 0 saturated carbocycles. The minimum atomic E-state index is -0.450. The summed E-state index contributed by atoms with van der Waals surface area (Å²) in [5, 5.41) is 1.19. The van der Waals surface area contributed by atoms with E-state index in [9.17, 15) is 0 Å². The van der Waals surface area contributed by atoms with Crippen molar-refractivity contribution in [3.63, 3.8) is 0 Å². The average Bonchev–Trinajstić information content (AvgIpc) is 4.14. The molecule has 0 fully saturated rings.